The smallest absolute Gasteiger partial charge is 0.0638 e. The molecule has 0 saturated heterocycles. The van der Waals surface area contributed by atoms with Crippen molar-refractivity contribution >= 4 is 0 Å². The van der Waals surface area contributed by atoms with Crippen molar-refractivity contribution in [3.8, 4) is 0 Å². The van der Waals surface area contributed by atoms with Crippen molar-refractivity contribution in [1.29, 1.82) is 0 Å². The van der Waals surface area contributed by atoms with Crippen LogP contribution in [0.4, 0.5) is 0 Å². The molecule has 2 aromatic heterocycles. The number of nitrogens with zero attached hydrogens (tertiary/aromatic N) is 4. The third kappa shape index (κ3) is 3.45. The Balaban J connectivity index is 2.05. The Bertz CT molecular complexity index is 533. The second-order valence-electron chi connectivity index (χ2n) is 5.37. The van der Waals surface area contributed by atoms with Gasteiger partial charge in [0.25, 0.3) is 0 Å². The Morgan fingerprint density at radius 3 is 2.65 bits per heavy atom. The van der Waals surface area contributed by atoms with Crippen LogP contribution < -0.4 is 0 Å². The molecule has 2 heterocycles. The van der Waals surface area contributed by atoms with E-state index in [0.29, 0.717) is 6.04 Å². The lowest BCUT2D eigenvalue weighted by Gasteiger charge is -2.24. The Morgan fingerprint density at radius 2 is 2.00 bits per heavy atom. The van der Waals surface area contributed by atoms with Gasteiger partial charge in [0.15, 0.2) is 0 Å². The second-order valence-corrected chi connectivity index (χ2v) is 5.37. The molecule has 0 aromatic carbocycles. The molecule has 20 heavy (non-hydrogen) atoms. The van der Waals surface area contributed by atoms with Gasteiger partial charge in [-0.2, -0.15) is 5.10 Å². The molecule has 2 aromatic rings. The Hall–Kier alpha value is -1.68. The first kappa shape index (κ1) is 14.7. The van der Waals surface area contributed by atoms with E-state index >= 15 is 0 Å². The highest BCUT2D eigenvalue weighted by atomic mass is 15.3. The first-order valence-electron chi connectivity index (χ1n) is 7.25. The summed E-state index contributed by atoms with van der Waals surface area (Å²) in [5.74, 6) is 0. The van der Waals surface area contributed by atoms with E-state index in [2.05, 4.69) is 65.8 Å². The quantitative estimate of drug-likeness (QED) is 0.810. The topological polar surface area (TPSA) is 34.0 Å². The van der Waals surface area contributed by atoms with E-state index in [4.69, 9.17) is 0 Å². The van der Waals surface area contributed by atoms with E-state index < -0.39 is 0 Å². The van der Waals surface area contributed by atoms with Crippen LogP contribution in [-0.4, -0.2) is 26.7 Å². The molecule has 1 atom stereocenters. The van der Waals surface area contributed by atoms with Crippen LogP contribution in [0.3, 0.4) is 0 Å². The van der Waals surface area contributed by atoms with Gasteiger partial charge in [0.05, 0.1) is 5.69 Å². The lowest BCUT2D eigenvalue weighted by atomic mass is 10.1. The molecule has 0 radical (unpaired) electrons. The first-order chi connectivity index (χ1) is 9.61. The van der Waals surface area contributed by atoms with Gasteiger partial charge in [-0.25, -0.2) is 0 Å². The number of rotatable bonds is 6. The minimum atomic E-state index is 0.368. The molecule has 0 amide bonds. The minimum absolute atomic E-state index is 0.368. The van der Waals surface area contributed by atoms with E-state index in [1.165, 1.54) is 11.1 Å². The van der Waals surface area contributed by atoms with Crippen molar-refractivity contribution in [3.05, 3.63) is 47.5 Å². The predicted molar refractivity (Wildman–Crippen MR) is 81.4 cm³/mol. The Labute approximate surface area is 121 Å². The molecule has 0 aliphatic carbocycles. The van der Waals surface area contributed by atoms with Crippen LogP contribution in [0.1, 0.15) is 43.1 Å². The maximum Gasteiger partial charge on any atom is 0.0638 e. The van der Waals surface area contributed by atoms with Gasteiger partial charge in [-0.1, -0.05) is 6.92 Å². The first-order valence-corrected chi connectivity index (χ1v) is 7.25. The summed E-state index contributed by atoms with van der Waals surface area (Å²) in [6.07, 6.45) is 6.99. The van der Waals surface area contributed by atoms with Gasteiger partial charge in [0.2, 0.25) is 0 Å². The molecule has 0 N–H and O–H groups in total. The van der Waals surface area contributed by atoms with E-state index in [9.17, 15) is 0 Å². The fraction of sp³-hybridized carbons (Fsp3) is 0.500. The summed E-state index contributed by atoms with van der Waals surface area (Å²) in [5, 5.41) is 4.57. The molecule has 0 unspecified atom stereocenters. The summed E-state index contributed by atoms with van der Waals surface area (Å²) in [5.41, 5.74) is 3.73. The SMILES string of the molecule is CCCn1cc(CN(C)[C@@H](C)c2ccncc2)c(C)n1. The largest absolute Gasteiger partial charge is 0.295 e. The maximum atomic E-state index is 4.57. The van der Waals surface area contributed by atoms with Gasteiger partial charge in [-0.3, -0.25) is 14.6 Å². The second kappa shape index (κ2) is 6.66. The zero-order valence-electron chi connectivity index (χ0n) is 12.9. The molecule has 108 valence electrons. The minimum Gasteiger partial charge on any atom is -0.295 e. The summed E-state index contributed by atoms with van der Waals surface area (Å²) in [7, 11) is 2.15. The number of aromatic nitrogens is 3. The summed E-state index contributed by atoms with van der Waals surface area (Å²) < 4.78 is 2.05. The van der Waals surface area contributed by atoms with Gasteiger partial charge in [-0.05, 0) is 45.0 Å². The molecule has 0 fully saturated rings. The van der Waals surface area contributed by atoms with Crippen molar-refractivity contribution in [2.45, 2.75) is 46.3 Å². The highest BCUT2D eigenvalue weighted by Gasteiger charge is 2.14. The van der Waals surface area contributed by atoms with Crippen LogP contribution in [0, 0.1) is 6.92 Å². The number of aryl methyl sites for hydroxylation is 2. The number of pyridine rings is 1. The summed E-state index contributed by atoms with van der Waals surface area (Å²) in [4.78, 5) is 6.42. The zero-order valence-corrected chi connectivity index (χ0v) is 12.9. The van der Waals surface area contributed by atoms with Crippen molar-refractivity contribution < 1.29 is 0 Å². The van der Waals surface area contributed by atoms with Crippen molar-refractivity contribution in [2.75, 3.05) is 7.05 Å². The molecule has 0 bridgehead atoms. The highest BCUT2D eigenvalue weighted by molar-refractivity contribution is 5.18. The average Bonchev–Trinajstić information content (AvgIpc) is 2.79. The van der Waals surface area contributed by atoms with Crippen molar-refractivity contribution in [1.82, 2.24) is 19.7 Å². The Morgan fingerprint density at radius 1 is 1.30 bits per heavy atom. The van der Waals surface area contributed by atoms with E-state index in [1.54, 1.807) is 0 Å². The molecule has 0 saturated carbocycles. The molecule has 0 aliphatic rings. The molecule has 0 aliphatic heterocycles. The number of hydrogen-bond donors (Lipinski definition) is 0. The normalized spacial score (nSPS) is 12.8. The third-order valence-electron chi connectivity index (χ3n) is 3.77. The lowest BCUT2D eigenvalue weighted by Crippen LogP contribution is -2.22. The summed E-state index contributed by atoms with van der Waals surface area (Å²) >= 11 is 0. The van der Waals surface area contributed by atoms with Crippen LogP contribution in [0.5, 0.6) is 0 Å². The molecule has 4 heteroatoms. The van der Waals surface area contributed by atoms with Gasteiger partial charge >= 0.3 is 0 Å². The molecule has 0 spiro atoms. The van der Waals surface area contributed by atoms with Crippen molar-refractivity contribution in [3.63, 3.8) is 0 Å². The van der Waals surface area contributed by atoms with Gasteiger partial charge < -0.3 is 0 Å². The maximum absolute atomic E-state index is 4.57. The summed E-state index contributed by atoms with van der Waals surface area (Å²) in [6.45, 7) is 8.39. The lowest BCUT2D eigenvalue weighted by molar-refractivity contribution is 0.252. The van der Waals surface area contributed by atoms with Crippen LogP contribution in [0.25, 0.3) is 0 Å². The van der Waals surface area contributed by atoms with Crippen LogP contribution in [0.2, 0.25) is 0 Å². The van der Waals surface area contributed by atoms with Crippen molar-refractivity contribution in [2.24, 2.45) is 0 Å². The highest BCUT2D eigenvalue weighted by Crippen LogP contribution is 2.20. The Kier molecular flexibility index (Phi) is 4.90. The van der Waals surface area contributed by atoms with Gasteiger partial charge in [-0.15, -0.1) is 0 Å². The number of hydrogen-bond acceptors (Lipinski definition) is 3. The monoisotopic (exact) mass is 272 g/mol. The fourth-order valence-corrected chi connectivity index (χ4v) is 2.36. The molecule has 4 nitrogen and oxygen atoms in total. The average molecular weight is 272 g/mol. The van der Waals surface area contributed by atoms with Gasteiger partial charge in [0.1, 0.15) is 0 Å². The predicted octanol–water partition coefficient (Wildman–Crippen LogP) is 3.19. The van der Waals surface area contributed by atoms with E-state index in [0.717, 1.165) is 25.2 Å². The van der Waals surface area contributed by atoms with Crippen LogP contribution >= 0.6 is 0 Å². The van der Waals surface area contributed by atoms with Crippen LogP contribution in [-0.2, 0) is 13.1 Å². The molecule has 2 rings (SSSR count). The van der Waals surface area contributed by atoms with E-state index in [-0.39, 0.29) is 0 Å². The van der Waals surface area contributed by atoms with E-state index in [1.807, 2.05) is 12.4 Å². The third-order valence-corrected chi connectivity index (χ3v) is 3.77. The fourth-order valence-electron chi connectivity index (χ4n) is 2.36. The molecular formula is C16H24N4. The van der Waals surface area contributed by atoms with Gasteiger partial charge in [0, 0.05) is 43.3 Å². The molecular weight excluding hydrogens is 248 g/mol. The summed E-state index contributed by atoms with van der Waals surface area (Å²) in [6, 6.07) is 4.52. The zero-order chi connectivity index (χ0) is 14.5. The van der Waals surface area contributed by atoms with Crippen LogP contribution in [0.15, 0.2) is 30.7 Å². The standard InChI is InChI=1S/C16H24N4/c1-5-10-20-12-16(13(2)18-20)11-19(4)14(3)15-6-8-17-9-7-15/h6-9,12,14H,5,10-11H2,1-4H3/t14-/m0/s1.